The van der Waals surface area contributed by atoms with E-state index in [0.717, 1.165) is 28.1 Å². The van der Waals surface area contributed by atoms with Gasteiger partial charge in [-0.05, 0) is 43.2 Å². The Morgan fingerprint density at radius 1 is 1.26 bits per heavy atom. The van der Waals surface area contributed by atoms with Crippen LogP contribution >= 0.6 is 0 Å². The summed E-state index contributed by atoms with van der Waals surface area (Å²) in [7, 11) is 0. The SMILES string of the molecule is Cc1cc(-c2ccc(F)cc2)c(/C=C\[C@@H](O)C[C@@H](O)CC(=O)O)c(C)n1.[H-].[K+]. The van der Waals surface area contributed by atoms with E-state index in [1.54, 1.807) is 18.2 Å². The maximum atomic E-state index is 13.2. The van der Waals surface area contributed by atoms with E-state index in [2.05, 4.69) is 4.98 Å². The maximum Gasteiger partial charge on any atom is 1.00 e. The topological polar surface area (TPSA) is 90.7 Å². The Morgan fingerprint density at radius 3 is 2.48 bits per heavy atom. The van der Waals surface area contributed by atoms with E-state index in [0.29, 0.717) is 0 Å². The van der Waals surface area contributed by atoms with E-state index in [9.17, 15) is 19.4 Å². The number of carboxylic acids is 1. The van der Waals surface area contributed by atoms with E-state index >= 15 is 0 Å². The maximum absolute atomic E-state index is 13.2. The minimum absolute atomic E-state index is 0. The van der Waals surface area contributed by atoms with Gasteiger partial charge in [-0.3, -0.25) is 9.78 Å². The number of halogens is 1. The van der Waals surface area contributed by atoms with E-state index in [1.165, 1.54) is 18.2 Å². The molecule has 140 valence electrons. The van der Waals surface area contributed by atoms with Crippen molar-refractivity contribution < 1.29 is 77.3 Å². The molecule has 0 aliphatic rings. The monoisotopic (exact) mass is 399 g/mol. The number of aliphatic hydroxyl groups excluding tert-OH is 2. The smallest absolute Gasteiger partial charge is 1.00 e. The van der Waals surface area contributed by atoms with Crippen molar-refractivity contribution >= 4 is 12.0 Å². The summed E-state index contributed by atoms with van der Waals surface area (Å²) in [6, 6.07) is 7.99. The van der Waals surface area contributed by atoms with Gasteiger partial charge in [0, 0.05) is 23.4 Å². The molecule has 7 heteroatoms. The summed E-state index contributed by atoms with van der Waals surface area (Å²) in [6.07, 6.45) is 0.576. The molecule has 1 aromatic carbocycles. The molecule has 5 nitrogen and oxygen atoms in total. The third kappa shape index (κ3) is 7.54. The van der Waals surface area contributed by atoms with Crippen molar-refractivity contribution in [2.45, 2.75) is 38.9 Å². The fourth-order valence-electron chi connectivity index (χ4n) is 2.77. The Balaban J connectivity index is 0.00000364. The second-order valence-electron chi connectivity index (χ2n) is 6.23. The van der Waals surface area contributed by atoms with Gasteiger partial charge in [0.25, 0.3) is 0 Å². The van der Waals surface area contributed by atoms with E-state index in [4.69, 9.17) is 5.11 Å². The normalized spacial score (nSPS) is 13.2. The van der Waals surface area contributed by atoms with Crippen molar-refractivity contribution in [2.24, 2.45) is 0 Å². The second kappa shape index (κ2) is 11.2. The van der Waals surface area contributed by atoms with Crippen molar-refractivity contribution in [3.63, 3.8) is 0 Å². The number of hydrogen-bond donors (Lipinski definition) is 3. The molecule has 2 rings (SSSR count). The zero-order valence-corrected chi connectivity index (χ0v) is 18.8. The number of rotatable bonds is 7. The minimum atomic E-state index is -1.12. The van der Waals surface area contributed by atoms with Crippen molar-refractivity contribution in [1.29, 1.82) is 0 Å². The molecule has 0 fully saturated rings. The summed E-state index contributed by atoms with van der Waals surface area (Å²) >= 11 is 0. The van der Waals surface area contributed by atoms with Gasteiger partial charge in [-0.2, -0.15) is 0 Å². The van der Waals surface area contributed by atoms with Gasteiger partial charge in [-0.1, -0.05) is 24.3 Å². The van der Waals surface area contributed by atoms with Gasteiger partial charge >= 0.3 is 57.4 Å². The van der Waals surface area contributed by atoms with Crippen LogP contribution in [0.1, 0.15) is 31.2 Å². The van der Waals surface area contributed by atoms with E-state index in [1.807, 2.05) is 19.9 Å². The summed E-state index contributed by atoms with van der Waals surface area (Å²) in [6.45, 7) is 3.70. The van der Waals surface area contributed by atoms with Crippen LogP contribution in [0.25, 0.3) is 17.2 Å². The molecule has 1 heterocycles. The number of hydrogen-bond acceptors (Lipinski definition) is 4. The zero-order chi connectivity index (χ0) is 19.3. The van der Waals surface area contributed by atoms with Crippen LogP contribution in [-0.2, 0) is 4.79 Å². The Labute approximate surface area is 201 Å². The Kier molecular flexibility index (Phi) is 9.96. The van der Waals surface area contributed by atoms with Crippen LogP contribution in [0, 0.1) is 19.7 Å². The van der Waals surface area contributed by atoms with Crippen molar-refractivity contribution in [3.8, 4) is 11.1 Å². The molecule has 0 aliphatic carbocycles. The molecule has 0 unspecified atom stereocenters. The number of pyridine rings is 1. The molecule has 2 aromatic rings. The average molecular weight is 400 g/mol. The van der Waals surface area contributed by atoms with E-state index in [-0.39, 0.29) is 65.0 Å². The number of aryl methyl sites for hydroxylation is 2. The largest absolute Gasteiger partial charge is 1.00 e. The van der Waals surface area contributed by atoms with Crippen LogP contribution in [0.2, 0.25) is 0 Å². The first-order valence-corrected chi connectivity index (χ1v) is 8.26. The molecule has 3 N–H and O–H groups in total. The number of nitrogens with zero attached hydrogens (tertiary/aromatic N) is 1. The average Bonchev–Trinajstić information content (AvgIpc) is 2.53. The molecule has 0 radical (unpaired) electrons. The van der Waals surface area contributed by atoms with Crippen LogP contribution < -0.4 is 51.4 Å². The summed E-state index contributed by atoms with van der Waals surface area (Å²) < 4.78 is 13.2. The van der Waals surface area contributed by atoms with Gasteiger partial charge in [0.05, 0.1) is 18.6 Å². The summed E-state index contributed by atoms with van der Waals surface area (Å²) in [5.74, 6) is -1.44. The molecule has 0 spiro atoms. The quantitative estimate of drug-likeness (QED) is 0.580. The van der Waals surface area contributed by atoms with Crippen LogP contribution in [0.3, 0.4) is 0 Å². The predicted octanol–water partition coefficient (Wildman–Crippen LogP) is 0.221. The Morgan fingerprint density at radius 2 is 1.89 bits per heavy atom. The molecule has 2 atom stereocenters. The molecular formula is C20H23FKNO4. The first-order chi connectivity index (χ1) is 12.3. The number of aliphatic hydroxyl groups is 2. The van der Waals surface area contributed by atoms with Crippen LogP contribution in [0.5, 0.6) is 0 Å². The number of aliphatic carboxylic acids is 1. The van der Waals surface area contributed by atoms with Crippen molar-refractivity contribution in [3.05, 3.63) is 59.2 Å². The molecule has 1 aromatic heterocycles. The molecule has 27 heavy (non-hydrogen) atoms. The Hall–Kier alpha value is -0.934. The molecule has 0 aliphatic heterocycles. The third-order valence-corrected chi connectivity index (χ3v) is 3.94. The molecule has 0 saturated heterocycles. The molecule has 0 amide bonds. The molecule has 0 saturated carbocycles. The Bertz CT molecular complexity index is 815. The van der Waals surface area contributed by atoms with Gasteiger partial charge in [-0.25, -0.2) is 4.39 Å². The van der Waals surface area contributed by atoms with Crippen LogP contribution in [0.4, 0.5) is 4.39 Å². The van der Waals surface area contributed by atoms with Crippen LogP contribution in [-0.4, -0.2) is 38.5 Å². The molecule has 0 bridgehead atoms. The number of aromatic nitrogens is 1. The van der Waals surface area contributed by atoms with Crippen molar-refractivity contribution in [2.75, 3.05) is 0 Å². The van der Waals surface area contributed by atoms with E-state index < -0.39 is 24.6 Å². The van der Waals surface area contributed by atoms with Gasteiger partial charge in [0.1, 0.15) is 5.82 Å². The van der Waals surface area contributed by atoms with Gasteiger partial charge in [0.15, 0.2) is 0 Å². The number of benzene rings is 1. The second-order valence-corrected chi connectivity index (χ2v) is 6.23. The third-order valence-electron chi connectivity index (χ3n) is 3.94. The summed E-state index contributed by atoms with van der Waals surface area (Å²) in [4.78, 5) is 15.0. The fourth-order valence-corrected chi connectivity index (χ4v) is 2.77. The predicted molar refractivity (Wildman–Crippen MR) is 98.1 cm³/mol. The minimum Gasteiger partial charge on any atom is -1.00 e. The first kappa shape index (κ1) is 24.1. The zero-order valence-electron chi connectivity index (χ0n) is 16.7. The van der Waals surface area contributed by atoms with Gasteiger partial charge in [-0.15, -0.1) is 0 Å². The fraction of sp³-hybridized carbons (Fsp3) is 0.300. The van der Waals surface area contributed by atoms with Gasteiger partial charge in [0.2, 0.25) is 0 Å². The molecular weight excluding hydrogens is 376 g/mol. The van der Waals surface area contributed by atoms with Crippen molar-refractivity contribution in [1.82, 2.24) is 4.98 Å². The first-order valence-electron chi connectivity index (χ1n) is 8.26. The standard InChI is InChI=1S/C20H22FNO4.K.H/c1-12-9-19(14-3-5-15(21)6-4-14)18(13(2)22-12)8-7-16(23)10-17(24)11-20(25)26;;/h3-9,16-17,23-24H,10-11H2,1-2H3,(H,25,26);;/q;+1;-1/b8-7-;;/t16-,17-;;/m1../s1. The number of carbonyl (C=O) groups is 1. The number of carboxylic acid groups (broad SMARTS) is 1. The summed E-state index contributed by atoms with van der Waals surface area (Å²) in [5.41, 5.74) is 4.01. The van der Waals surface area contributed by atoms with Gasteiger partial charge < -0.3 is 16.7 Å². The summed E-state index contributed by atoms with van der Waals surface area (Å²) in [5, 5.41) is 28.3. The van der Waals surface area contributed by atoms with Crippen LogP contribution in [0.15, 0.2) is 36.4 Å².